The molecule has 0 bridgehead atoms. The molecule has 0 amide bonds. The summed E-state index contributed by atoms with van der Waals surface area (Å²) in [6.07, 6.45) is 0. The normalized spacial score (nSPS) is 24.5. The molecule has 3 heteroatoms. The number of hydrogen-bond acceptors (Lipinski definition) is 3. The average Bonchev–Trinajstić information content (AvgIpc) is 2.24. The van der Waals surface area contributed by atoms with Crippen molar-refractivity contribution in [1.82, 2.24) is 0 Å². The third-order valence-electron chi connectivity index (χ3n) is 2.92. The van der Waals surface area contributed by atoms with Crippen molar-refractivity contribution in [1.29, 1.82) is 5.26 Å². The first-order valence-corrected chi connectivity index (χ1v) is 5.91. The van der Waals surface area contributed by atoms with E-state index >= 15 is 0 Å². The second kappa shape index (κ2) is 3.79. The van der Waals surface area contributed by atoms with E-state index in [0.717, 1.165) is 0 Å². The van der Waals surface area contributed by atoms with E-state index in [1.165, 1.54) is 16.1 Å². The van der Waals surface area contributed by atoms with Crippen LogP contribution in [-0.4, -0.2) is 18.3 Å². The van der Waals surface area contributed by atoms with E-state index in [9.17, 15) is 0 Å². The number of fused-ring (bicyclic) bond motifs is 1. The van der Waals surface area contributed by atoms with Gasteiger partial charge in [0.25, 0.3) is 0 Å². The number of thioether (sulfide) groups is 1. The number of hydrogen-bond donors (Lipinski definition) is 0. The minimum atomic E-state index is 0.0326. The van der Waals surface area contributed by atoms with Crippen molar-refractivity contribution in [2.75, 3.05) is 11.9 Å². The first-order chi connectivity index (χ1) is 7.13. The fraction of sp³-hybridized carbons (Fsp3) is 0.417. The lowest BCUT2D eigenvalue weighted by molar-refractivity contribution is 0.697. The van der Waals surface area contributed by atoms with E-state index in [1.807, 2.05) is 0 Å². The molecule has 1 aliphatic rings. The number of aryl methyl sites for hydroxylation is 1. The third-order valence-corrected chi connectivity index (χ3v) is 4.28. The maximum atomic E-state index is 9.06. The van der Waals surface area contributed by atoms with Gasteiger partial charge in [0.2, 0.25) is 0 Å². The maximum Gasteiger partial charge on any atom is 0.116 e. The van der Waals surface area contributed by atoms with Gasteiger partial charge < -0.3 is 4.90 Å². The topological polar surface area (TPSA) is 27.0 Å². The van der Waals surface area contributed by atoms with Gasteiger partial charge in [-0.25, -0.2) is 0 Å². The molecule has 1 aromatic carbocycles. The van der Waals surface area contributed by atoms with Crippen LogP contribution in [0.25, 0.3) is 0 Å². The first kappa shape index (κ1) is 10.4. The highest BCUT2D eigenvalue weighted by Gasteiger charge is 2.29. The molecule has 2 atom stereocenters. The molecule has 0 spiro atoms. The van der Waals surface area contributed by atoms with Gasteiger partial charge in [0, 0.05) is 11.9 Å². The fourth-order valence-corrected chi connectivity index (χ4v) is 2.97. The van der Waals surface area contributed by atoms with E-state index in [4.69, 9.17) is 5.26 Å². The van der Waals surface area contributed by atoms with E-state index in [0.29, 0.717) is 0 Å². The Kier molecular flexibility index (Phi) is 2.62. The van der Waals surface area contributed by atoms with Crippen LogP contribution in [0.2, 0.25) is 0 Å². The zero-order valence-electron chi connectivity index (χ0n) is 9.19. The lowest BCUT2D eigenvalue weighted by Gasteiger charge is -2.36. The Bertz CT molecular complexity index is 422. The molecule has 0 aromatic heterocycles. The van der Waals surface area contributed by atoms with Crippen molar-refractivity contribution < 1.29 is 0 Å². The summed E-state index contributed by atoms with van der Waals surface area (Å²) in [6.45, 7) is 4.20. The molecule has 0 fully saturated rings. The molecular formula is C12H14N2S. The molecule has 15 heavy (non-hydrogen) atoms. The van der Waals surface area contributed by atoms with Gasteiger partial charge in [-0.15, -0.1) is 11.8 Å². The van der Waals surface area contributed by atoms with Crippen LogP contribution >= 0.6 is 11.8 Å². The summed E-state index contributed by atoms with van der Waals surface area (Å²) in [5.41, 5.74) is 2.52. The third kappa shape index (κ3) is 1.70. The molecule has 2 nitrogen and oxygen atoms in total. The van der Waals surface area contributed by atoms with Crippen LogP contribution < -0.4 is 4.90 Å². The van der Waals surface area contributed by atoms with Gasteiger partial charge in [-0.1, -0.05) is 6.07 Å². The van der Waals surface area contributed by atoms with Crippen molar-refractivity contribution in [2.24, 2.45) is 0 Å². The first-order valence-electron chi connectivity index (χ1n) is 5.03. The Morgan fingerprint density at radius 1 is 1.47 bits per heavy atom. The largest absolute Gasteiger partial charge is 0.369 e. The Morgan fingerprint density at radius 3 is 2.87 bits per heavy atom. The highest BCUT2D eigenvalue weighted by Crippen LogP contribution is 2.40. The second-order valence-electron chi connectivity index (χ2n) is 3.99. The van der Waals surface area contributed by atoms with Gasteiger partial charge in [-0.3, -0.25) is 0 Å². The minimum Gasteiger partial charge on any atom is -0.369 e. The summed E-state index contributed by atoms with van der Waals surface area (Å²) in [5, 5.41) is 9.09. The van der Waals surface area contributed by atoms with Crippen molar-refractivity contribution in [2.45, 2.75) is 30.0 Å². The zero-order chi connectivity index (χ0) is 11.0. The van der Waals surface area contributed by atoms with Gasteiger partial charge in [0.15, 0.2) is 0 Å². The summed E-state index contributed by atoms with van der Waals surface area (Å²) in [6, 6.07) is 9.03. The van der Waals surface area contributed by atoms with Gasteiger partial charge >= 0.3 is 0 Å². The molecule has 0 saturated heterocycles. The Balaban J connectivity index is 2.46. The van der Waals surface area contributed by atoms with Crippen LogP contribution in [0.3, 0.4) is 0 Å². The van der Waals surface area contributed by atoms with Gasteiger partial charge in [0.05, 0.1) is 17.8 Å². The molecule has 0 N–H and O–H groups in total. The number of nitrogens with zero attached hydrogens (tertiary/aromatic N) is 2. The average molecular weight is 218 g/mol. The van der Waals surface area contributed by atoms with Gasteiger partial charge in [-0.2, -0.15) is 5.26 Å². The SMILES string of the molecule is Cc1ccc2c(c1)N(C)C(C)C(C#N)S2. The fourth-order valence-electron chi connectivity index (χ4n) is 1.79. The molecule has 1 heterocycles. The lowest BCUT2D eigenvalue weighted by atomic mass is 10.1. The number of benzene rings is 1. The summed E-state index contributed by atoms with van der Waals surface area (Å²) in [7, 11) is 2.06. The van der Waals surface area contributed by atoms with E-state index in [-0.39, 0.29) is 11.3 Å². The summed E-state index contributed by atoms with van der Waals surface area (Å²) in [5.74, 6) is 0. The standard InChI is InChI=1S/C12H14N2S/c1-8-4-5-11-10(6-8)14(3)9(2)12(7-13)15-11/h4-6,9,12H,1-3H3. The second-order valence-corrected chi connectivity index (χ2v) is 5.17. The monoisotopic (exact) mass is 218 g/mol. The quantitative estimate of drug-likeness (QED) is 0.670. The molecular weight excluding hydrogens is 204 g/mol. The highest BCUT2D eigenvalue weighted by atomic mass is 32.2. The number of anilines is 1. The van der Waals surface area contributed by atoms with Crippen LogP contribution in [0.5, 0.6) is 0 Å². The molecule has 0 saturated carbocycles. The molecule has 0 radical (unpaired) electrons. The zero-order valence-corrected chi connectivity index (χ0v) is 10.0. The van der Waals surface area contributed by atoms with Gasteiger partial charge in [-0.05, 0) is 31.5 Å². The van der Waals surface area contributed by atoms with Crippen molar-refractivity contribution >= 4 is 17.4 Å². The van der Waals surface area contributed by atoms with E-state index in [2.05, 4.69) is 50.1 Å². The van der Waals surface area contributed by atoms with E-state index < -0.39 is 0 Å². The molecule has 78 valence electrons. The van der Waals surface area contributed by atoms with Crippen LogP contribution in [-0.2, 0) is 0 Å². The van der Waals surface area contributed by atoms with Crippen LogP contribution in [0.4, 0.5) is 5.69 Å². The lowest BCUT2D eigenvalue weighted by Crippen LogP contribution is -2.39. The van der Waals surface area contributed by atoms with Crippen LogP contribution in [0, 0.1) is 18.3 Å². The molecule has 0 aliphatic carbocycles. The minimum absolute atomic E-state index is 0.0326. The van der Waals surface area contributed by atoms with Crippen molar-refractivity contribution in [3.8, 4) is 6.07 Å². The smallest absolute Gasteiger partial charge is 0.116 e. The Hall–Kier alpha value is -1.14. The van der Waals surface area contributed by atoms with E-state index in [1.54, 1.807) is 11.8 Å². The Labute approximate surface area is 94.9 Å². The predicted octanol–water partition coefficient (Wildman–Crippen LogP) is 2.82. The molecule has 1 aliphatic heterocycles. The predicted molar refractivity (Wildman–Crippen MR) is 64.3 cm³/mol. The Morgan fingerprint density at radius 2 is 2.20 bits per heavy atom. The molecule has 2 unspecified atom stereocenters. The van der Waals surface area contributed by atoms with Crippen molar-refractivity contribution in [3.63, 3.8) is 0 Å². The van der Waals surface area contributed by atoms with Crippen LogP contribution in [0.15, 0.2) is 23.1 Å². The summed E-state index contributed by atoms with van der Waals surface area (Å²) >= 11 is 1.67. The molecule has 2 rings (SSSR count). The number of nitriles is 1. The summed E-state index contributed by atoms with van der Waals surface area (Å²) in [4.78, 5) is 3.42. The number of rotatable bonds is 0. The van der Waals surface area contributed by atoms with Crippen LogP contribution in [0.1, 0.15) is 12.5 Å². The maximum absolute atomic E-state index is 9.06. The van der Waals surface area contributed by atoms with Crippen molar-refractivity contribution in [3.05, 3.63) is 23.8 Å². The highest BCUT2D eigenvalue weighted by molar-refractivity contribution is 8.00. The molecule has 1 aromatic rings. The summed E-state index contributed by atoms with van der Waals surface area (Å²) < 4.78 is 0. The van der Waals surface area contributed by atoms with Gasteiger partial charge in [0.1, 0.15) is 5.25 Å².